The highest BCUT2D eigenvalue weighted by molar-refractivity contribution is 6.03. The SMILES string of the molecule is Cc1cc(N2CCN(C)CC2)c2oc(C(=O)Nc3ccc(N4CCOCC4)cc3)cc(=O)c2c1. The standard InChI is InChI=1S/C26H30N4O4/c1-18-15-21-23(31)17-24(34-25(21)22(16-18)30-9-7-28(2)8-10-30)26(32)27-19-3-5-20(6-4-19)29-11-13-33-14-12-29/h3-6,15-17H,7-14H2,1-2H3,(H,27,32). The monoisotopic (exact) mass is 462 g/mol. The van der Waals surface area contributed by atoms with Gasteiger partial charge in [0.2, 0.25) is 0 Å². The summed E-state index contributed by atoms with van der Waals surface area (Å²) in [6, 6.07) is 12.8. The second-order valence-electron chi connectivity index (χ2n) is 9.03. The Morgan fingerprint density at radius 2 is 1.62 bits per heavy atom. The van der Waals surface area contributed by atoms with Gasteiger partial charge in [-0.1, -0.05) is 0 Å². The molecule has 1 aromatic heterocycles. The number of carbonyl (C=O) groups is 1. The zero-order valence-corrected chi connectivity index (χ0v) is 19.7. The summed E-state index contributed by atoms with van der Waals surface area (Å²) >= 11 is 0. The number of piperazine rings is 1. The number of fused-ring (bicyclic) bond motifs is 1. The lowest BCUT2D eigenvalue weighted by atomic mass is 10.1. The van der Waals surface area contributed by atoms with E-state index >= 15 is 0 Å². The van der Waals surface area contributed by atoms with E-state index in [1.807, 2.05) is 43.3 Å². The van der Waals surface area contributed by atoms with Crippen LogP contribution in [0.25, 0.3) is 11.0 Å². The molecule has 5 rings (SSSR count). The van der Waals surface area contributed by atoms with Crippen molar-refractivity contribution in [3.63, 3.8) is 0 Å². The fourth-order valence-corrected chi connectivity index (χ4v) is 4.54. The molecule has 0 spiro atoms. The lowest BCUT2D eigenvalue weighted by molar-refractivity contribution is 0.0997. The first-order valence-corrected chi connectivity index (χ1v) is 11.7. The zero-order chi connectivity index (χ0) is 23.7. The van der Waals surface area contributed by atoms with Crippen LogP contribution in [0.1, 0.15) is 16.1 Å². The highest BCUT2D eigenvalue weighted by atomic mass is 16.5. The van der Waals surface area contributed by atoms with Gasteiger partial charge in [0, 0.05) is 56.7 Å². The third-order valence-electron chi connectivity index (χ3n) is 6.52. The number of anilines is 3. The summed E-state index contributed by atoms with van der Waals surface area (Å²) in [7, 11) is 2.10. The van der Waals surface area contributed by atoms with E-state index in [1.165, 1.54) is 6.07 Å². The van der Waals surface area contributed by atoms with Crippen LogP contribution < -0.4 is 20.5 Å². The summed E-state index contributed by atoms with van der Waals surface area (Å²) in [4.78, 5) is 32.7. The van der Waals surface area contributed by atoms with Crippen molar-refractivity contribution in [1.29, 1.82) is 0 Å². The van der Waals surface area contributed by atoms with Gasteiger partial charge in [-0.05, 0) is 55.9 Å². The number of carbonyl (C=O) groups excluding carboxylic acids is 1. The first-order chi connectivity index (χ1) is 16.5. The maximum atomic E-state index is 13.0. The Bertz CT molecular complexity index is 1240. The predicted molar refractivity (Wildman–Crippen MR) is 134 cm³/mol. The van der Waals surface area contributed by atoms with Crippen LogP contribution in [0, 0.1) is 6.92 Å². The van der Waals surface area contributed by atoms with Gasteiger partial charge in [-0.3, -0.25) is 9.59 Å². The lowest BCUT2D eigenvalue weighted by Gasteiger charge is -2.34. The normalized spacial score (nSPS) is 17.2. The second-order valence-corrected chi connectivity index (χ2v) is 9.03. The van der Waals surface area contributed by atoms with Gasteiger partial charge >= 0.3 is 0 Å². The van der Waals surface area contributed by atoms with E-state index in [-0.39, 0.29) is 11.2 Å². The summed E-state index contributed by atoms with van der Waals surface area (Å²) in [6.45, 7) is 8.64. The quantitative estimate of drug-likeness (QED) is 0.639. The molecule has 2 aliphatic heterocycles. The van der Waals surface area contributed by atoms with Crippen molar-refractivity contribution in [2.45, 2.75) is 6.92 Å². The molecule has 2 saturated heterocycles. The maximum absolute atomic E-state index is 13.0. The van der Waals surface area contributed by atoms with E-state index < -0.39 is 5.91 Å². The van der Waals surface area contributed by atoms with Crippen molar-refractivity contribution in [2.24, 2.45) is 0 Å². The zero-order valence-electron chi connectivity index (χ0n) is 19.7. The Kier molecular flexibility index (Phi) is 6.26. The van der Waals surface area contributed by atoms with E-state index in [4.69, 9.17) is 9.15 Å². The van der Waals surface area contributed by atoms with Crippen molar-refractivity contribution in [3.05, 3.63) is 64.0 Å². The number of nitrogens with zero attached hydrogens (tertiary/aromatic N) is 3. The minimum atomic E-state index is -0.442. The first kappa shape index (κ1) is 22.4. The van der Waals surface area contributed by atoms with Crippen LogP contribution in [0.15, 0.2) is 51.7 Å². The molecule has 34 heavy (non-hydrogen) atoms. The Morgan fingerprint density at radius 1 is 0.912 bits per heavy atom. The molecule has 1 N–H and O–H groups in total. The van der Waals surface area contributed by atoms with E-state index in [9.17, 15) is 9.59 Å². The average molecular weight is 463 g/mol. The number of amides is 1. The van der Waals surface area contributed by atoms with Gasteiger partial charge in [-0.2, -0.15) is 0 Å². The third-order valence-corrected chi connectivity index (χ3v) is 6.52. The van der Waals surface area contributed by atoms with Gasteiger partial charge in [-0.25, -0.2) is 0 Å². The Morgan fingerprint density at radius 3 is 2.32 bits per heavy atom. The molecule has 8 nitrogen and oxygen atoms in total. The van der Waals surface area contributed by atoms with Crippen molar-refractivity contribution in [3.8, 4) is 0 Å². The van der Waals surface area contributed by atoms with Crippen molar-refractivity contribution < 1.29 is 13.9 Å². The summed E-state index contributed by atoms with van der Waals surface area (Å²) in [6.07, 6.45) is 0. The molecule has 0 aliphatic carbocycles. The van der Waals surface area contributed by atoms with Gasteiger partial charge in [0.15, 0.2) is 16.8 Å². The minimum absolute atomic E-state index is 0.00832. The number of benzene rings is 2. The molecule has 0 saturated carbocycles. The number of aryl methyl sites for hydroxylation is 1. The predicted octanol–water partition coefficient (Wildman–Crippen LogP) is 2.94. The van der Waals surface area contributed by atoms with E-state index in [0.29, 0.717) is 16.7 Å². The fourth-order valence-electron chi connectivity index (χ4n) is 4.54. The molecule has 0 bridgehead atoms. The Hall–Kier alpha value is -3.36. The van der Waals surface area contributed by atoms with Crippen LogP contribution >= 0.6 is 0 Å². The molecule has 2 aliphatic rings. The molecule has 3 aromatic rings. The van der Waals surface area contributed by atoms with Gasteiger partial charge in [0.25, 0.3) is 5.91 Å². The molecular formula is C26H30N4O4. The lowest BCUT2D eigenvalue weighted by Crippen LogP contribution is -2.44. The largest absolute Gasteiger partial charge is 0.448 e. The summed E-state index contributed by atoms with van der Waals surface area (Å²) in [5.41, 5.74) is 3.85. The van der Waals surface area contributed by atoms with E-state index in [2.05, 4.69) is 27.1 Å². The highest BCUT2D eigenvalue weighted by Crippen LogP contribution is 2.29. The summed E-state index contributed by atoms with van der Waals surface area (Å²) in [5, 5.41) is 3.36. The number of hydrogen-bond acceptors (Lipinski definition) is 7. The highest BCUT2D eigenvalue weighted by Gasteiger charge is 2.21. The molecular weight excluding hydrogens is 432 g/mol. The van der Waals surface area contributed by atoms with Crippen LogP contribution in [0.2, 0.25) is 0 Å². The number of morpholine rings is 1. The van der Waals surface area contributed by atoms with Gasteiger partial charge < -0.3 is 29.2 Å². The Balaban J connectivity index is 1.41. The molecule has 3 heterocycles. The number of nitrogens with one attached hydrogen (secondary N) is 1. The van der Waals surface area contributed by atoms with Crippen molar-refractivity contribution in [1.82, 2.24) is 4.90 Å². The van der Waals surface area contributed by atoms with Crippen LogP contribution in [-0.4, -0.2) is 70.3 Å². The number of hydrogen-bond donors (Lipinski definition) is 1. The number of likely N-dealkylation sites (N-methyl/N-ethyl adjacent to an activating group) is 1. The van der Waals surface area contributed by atoms with Gasteiger partial charge in [0.05, 0.1) is 24.3 Å². The van der Waals surface area contributed by atoms with Crippen LogP contribution in [0.5, 0.6) is 0 Å². The average Bonchev–Trinajstić information content (AvgIpc) is 2.85. The Labute approximate surface area is 198 Å². The number of ether oxygens (including phenoxy) is 1. The molecule has 0 atom stereocenters. The minimum Gasteiger partial charge on any atom is -0.448 e. The molecule has 178 valence electrons. The summed E-state index contributed by atoms with van der Waals surface area (Å²) in [5.74, 6) is -0.433. The van der Waals surface area contributed by atoms with Crippen molar-refractivity contribution >= 4 is 33.9 Å². The third kappa shape index (κ3) is 4.64. The van der Waals surface area contributed by atoms with E-state index in [0.717, 1.165) is 69.4 Å². The maximum Gasteiger partial charge on any atom is 0.291 e. The summed E-state index contributed by atoms with van der Waals surface area (Å²) < 4.78 is 11.5. The van der Waals surface area contributed by atoms with E-state index in [1.54, 1.807) is 0 Å². The first-order valence-electron chi connectivity index (χ1n) is 11.7. The molecule has 0 radical (unpaired) electrons. The van der Waals surface area contributed by atoms with Crippen LogP contribution in [0.4, 0.5) is 17.1 Å². The smallest absolute Gasteiger partial charge is 0.291 e. The fraction of sp³-hybridized carbons (Fsp3) is 0.385. The van der Waals surface area contributed by atoms with Gasteiger partial charge in [-0.15, -0.1) is 0 Å². The molecule has 8 heteroatoms. The van der Waals surface area contributed by atoms with Crippen molar-refractivity contribution in [2.75, 3.05) is 74.6 Å². The second kappa shape index (κ2) is 9.48. The molecule has 2 aromatic carbocycles. The van der Waals surface area contributed by atoms with Crippen LogP contribution in [0.3, 0.4) is 0 Å². The van der Waals surface area contributed by atoms with Gasteiger partial charge in [0.1, 0.15) is 0 Å². The molecule has 0 unspecified atom stereocenters. The number of rotatable bonds is 4. The molecule has 1 amide bonds. The molecule has 2 fully saturated rings. The van der Waals surface area contributed by atoms with Crippen LogP contribution in [-0.2, 0) is 4.74 Å². The topological polar surface area (TPSA) is 78.3 Å².